The summed E-state index contributed by atoms with van der Waals surface area (Å²) >= 11 is 0. The number of rotatable bonds is 6. The number of piperidine rings is 1. The first kappa shape index (κ1) is 12.4. The minimum atomic E-state index is 0.641. The normalized spacial score (nSPS) is 27.6. The van der Waals surface area contributed by atoms with Gasteiger partial charge in [0.1, 0.15) is 0 Å². The highest BCUT2D eigenvalue weighted by Crippen LogP contribution is 2.32. The highest BCUT2D eigenvalue weighted by Gasteiger charge is 2.24. The average Bonchev–Trinajstić information content (AvgIpc) is 3.08. The van der Waals surface area contributed by atoms with E-state index in [0.717, 1.165) is 11.8 Å². The van der Waals surface area contributed by atoms with E-state index in [0.29, 0.717) is 6.04 Å². The highest BCUT2D eigenvalue weighted by molar-refractivity contribution is 4.79. The Morgan fingerprint density at radius 2 is 2.00 bits per heavy atom. The van der Waals surface area contributed by atoms with Crippen LogP contribution in [0.5, 0.6) is 0 Å². The van der Waals surface area contributed by atoms with Crippen LogP contribution in [0.15, 0.2) is 0 Å². The third kappa shape index (κ3) is 4.42. The molecule has 1 heterocycles. The first-order valence-corrected chi connectivity index (χ1v) is 7.20. The summed E-state index contributed by atoms with van der Waals surface area (Å²) in [6.45, 7) is 9.76. The quantitative estimate of drug-likeness (QED) is 0.746. The molecule has 0 radical (unpaired) electrons. The van der Waals surface area contributed by atoms with Crippen LogP contribution in [0.3, 0.4) is 0 Å². The number of nitrogens with zero attached hydrogens (tertiary/aromatic N) is 1. The molecule has 1 aliphatic heterocycles. The first-order valence-electron chi connectivity index (χ1n) is 7.20. The Bertz CT molecular complexity index is 187. The van der Waals surface area contributed by atoms with Crippen LogP contribution >= 0.6 is 0 Å². The van der Waals surface area contributed by atoms with Crippen molar-refractivity contribution in [3.63, 3.8) is 0 Å². The van der Waals surface area contributed by atoms with Gasteiger partial charge in [-0.3, -0.25) is 0 Å². The van der Waals surface area contributed by atoms with Crippen LogP contribution < -0.4 is 5.32 Å². The average molecular weight is 224 g/mol. The second-order valence-electron chi connectivity index (χ2n) is 6.10. The van der Waals surface area contributed by atoms with Crippen molar-refractivity contribution in [2.75, 3.05) is 26.2 Å². The molecule has 0 amide bonds. The van der Waals surface area contributed by atoms with Crippen molar-refractivity contribution >= 4 is 0 Å². The maximum Gasteiger partial charge on any atom is 0.00218 e. The van der Waals surface area contributed by atoms with E-state index in [9.17, 15) is 0 Å². The van der Waals surface area contributed by atoms with Crippen molar-refractivity contribution in [1.29, 1.82) is 0 Å². The monoisotopic (exact) mass is 224 g/mol. The lowest BCUT2D eigenvalue weighted by Gasteiger charge is -2.33. The standard InChI is InChI=1S/C14H28N2/c1-12(2)15-10-14-4-3-8-16(11-14)9-7-13-5-6-13/h12-15H,3-11H2,1-2H3. The number of nitrogens with one attached hydrogen (secondary N) is 1. The molecule has 0 bridgehead atoms. The van der Waals surface area contributed by atoms with Gasteiger partial charge in [-0.25, -0.2) is 0 Å². The maximum atomic E-state index is 3.59. The van der Waals surface area contributed by atoms with Crippen molar-refractivity contribution in [3.8, 4) is 0 Å². The van der Waals surface area contributed by atoms with Crippen molar-refractivity contribution in [2.24, 2.45) is 11.8 Å². The van der Waals surface area contributed by atoms with E-state index >= 15 is 0 Å². The first-order chi connectivity index (χ1) is 7.74. The predicted octanol–water partition coefficient (Wildman–Crippen LogP) is 2.50. The van der Waals surface area contributed by atoms with Crippen LogP contribution in [0.4, 0.5) is 0 Å². The molecule has 0 aromatic heterocycles. The summed E-state index contributed by atoms with van der Waals surface area (Å²) in [7, 11) is 0. The van der Waals surface area contributed by atoms with Crippen LogP contribution in [0.2, 0.25) is 0 Å². The molecule has 0 spiro atoms. The lowest BCUT2D eigenvalue weighted by Crippen LogP contribution is -2.41. The lowest BCUT2D eigenvalue weighted by atomic mass is 9.97. The highest BCUT2D eigenvalue weighted by atomic mass is 15.1. The Balaban J connectivity index is 1.62. The van der Waals surface area contributed by atoms with Gasteiger partial charge in [0.25, 0.3) is 0 Å². The minimum Gasteiger partial charge on any atom is -0.314 e. The van der Waals surface area contributed by atoms with Gasteiger partial charge in [-0.2, -0.15) is 0 Å². The minimum absolute atomic E-state index is 0.641. The largest absolute Gasteiger partial charge is 0.314 e. The number of hydrogen-bond acceptors (Lipinski definition) is 2. The molecule has 1 saturated heterocycles. The molecule has 1 aliphatic carbocycles. The fraction of sp³-hybridized carbons (Fsp3) is 1.00. The van der Waals surface area contributed by atoms with E-state index in [-0.39, 0.29) is 0 Å². The molecule has 94 valence electrons. The Morgan fingerprint density at radius 1 is 1.19 bits per heavy atom. The van der Waals surface area contributed by atoms with Gasteiger partial charge < -0.3 is 10.2 Å². The SMILES string of the molecule is CC(C)NCC1CCCN(CCC2CC2)C1. The van der Waals surface area contributed by atoms with Crippen molar-refractivity contribution in [2.45, 2.75) is 52.0 Å². The molecule has 2 rings (SSSR count). The number of hydrogen-bond donors (Lipinski definition) is 1. The Hall–Kier alpha value is -0.0800. The predicted molar refractivity (Wildman–Crippen MR) is 69.6 cm³/mol. The fourth-order valence-electron chi connectivity index (χ4n) is 2.70. The third-order valence-electron chi connectivity index (χ3n) is 3.97. The molecule has 2 heteroatoms. The summed E-state index contributed by atoms with van der Waals surface area (Å²) in [4.78, 5) is 2.70. The van der Waals surface area contributed by atoms with Crippen molar-refractivity contribution in [3.05, 3.63) is 0 Å². The molecule has 0 aromatic carbocycles. The van der Waals surface area contributed by atoms with Crippen LogP contribution in [0.25, 0.3) is 0 Å². The van der Waals surface area contributed by atoms with E-state index in [2.05, 4.69) is 24.1 Å². The zero-order valence-electron chi connectivity index (χ0n) is 11.0. The molecule has 2 aliphatic rings. The second kappa shape index (κ2) is 6.02. The molecule has 16 heavy (non-hydrogen) atoms. The van der Waals surface area contributed by atoms with E-state index in [1.165, 1.54) is 58.3 Å². The zero-order valence-corrected chi connectivity index (χ0v) is 11.0. The van der Waals surface area contributed by atoms with Gasteiger partial charge in [-0.05, 0) is 50.7 Å². The summed E-state index contributed by atoms with van der Waals surface area (Å²) in [5.74, 6) is 1.99. The summed E-state index contributed by atoms with van der Waals surface area (Å²) in [6, 6.07) is 0.641. The van der Waals surface area contributed by atoms with Gasteiger partial charge in [0.15, 0.2) is 0 Å². The van der Waals surface area contributed by atoms with E-state index in [1.807, 2.05) is 0 Å². The van der Waals surface area contributed by atoms with Gasteiger partial charge in [-0.15, -0.1) is 0 Å². The summed E-state index contributed by atoms with van der Waals surface area (Å²) in [6.07, 6.45) is 7.32. The van der Waals surface area contributed by atoms with Gasteiger partial charge in [0, 0.05) is 12.6 Å². The second-order valence-corrected chi connectivity index (χ2v) is 6.10. The number of likely N-dealkylation sites (tertiary alicyclic amines) is 1. The van der Waals surface area contributed by atoms with Crippen LogP contribution in [-0.2, 0) is 0 Å². The van der Waals surface area contributed by atoms with E-state index < -0.39 is 0 Å². The van der Waals surface area contributed by atoms with Crippen LogP contribution in [0.1, 0.15) is 46.0 Å². The molecular weight excluding hydrogens is 196 g/mol. The molecular formula is C14H28N2. The molecule has 1 saturated carbocycles. The van der Waals surface area contributed by atoms with Gasteiger partial charge in [-0.1, -0.05) is 26.7 Å². The molecule has 1 unspecified atom stereocenters. The molecule has 1 atom stereocenters. The topological polar surface area (TPSA) is 15.3 Å². The van der Waals surface area contributed by atoms with Crippen LogP contribution in [0, 0.1) is 11.8 Å². The molecule has 2 fully saturated rings. The van der Waals surface area contributed by atoms with Gasteiger partial charge in [0.05, 0.1) is 0 Å². The van der Waals surface area contributed by atoms with Crippen LogP contribution in [-0.4, -0.2) is 37.1 Å². The lowest BCUT2D eigenvalue weighted by molar-refractivity contribution is 0.167. The third-order valence-corrected chi connectivity index (χ3v) is 3.97. The van der Waals surface area contributed by atoms with E-state index in [4.69, 9.17) is 0 Å². The maximum absolute atomic E-state index is 3.59. The van der Waals surface area contributed by atoms with E-state index in [1.54, 1.807) is 0 Å². The van der Waals surface area contributed by atoms with Gasteiger partial charge in [0.2, 0.25) is 0 Å². The Morgan fingerprint density at radius 3 is 2.69 bits per heavy atom. The summed E-state index contributed by atoms with van der Waals surface area (Å²) < 4.78 is 0. The van der Waals surface area contributed by atoms with Gasteiger partial charge >= 0.3 is 0 Å². The molecule has 1 N–H and O–H groups in total. The smallest absolute Gasteiger partial charge is 0.00218 e. The zero-order chi connectivity index (χ0) is 11.4. The summed E-state index contributed by atoms with van der Waals surface area (Å²) in [5, 5.41) is 3.59. The molecule has 0 aromatic rings. The Kier molecular flexibility index (Phi) is 4.66. The van der Waals surface area contributed by atoms with Crippen molar-refractivity contribution in [1.82, 2.24) is 10.2 Å². The Labute approximate surface area is 101 Å². The fourth-order valence-corrected chi connectivity index (χ4v) is 2.70. The summed E-state index contributed by atoms with van der Waals surface area (Å²) in [5.41, 5.74) is 0. The van der Waals surface area contributed by atoms with Crippen molar-refractivity contribution < 1.29 is 0 Å². The molecule has 2 nitrogen and oxygen atoms in total.